The molecular weight excluding hydrogens is 366 g/mol. The molecule has 2 aromatic heterocycles. The van der Waals surface area contributed by atoms with E-state index in [0.29, 0.717) is 18.8 Å². The molecule has 0 spiro atoms. The molecule has 26 heavy (non-hydrogen) atoms. The quantitative estimate of drug-likeness (QED) is 0.583. The van der Waals surface area contributed by atoms with Crippen LogP contribution in [0, 0.1) is 0 Å². The van der Waals surface area contributed by atoms with E-state index >= 15 is 0 Å². The molecular formula is C19H23N3O2S2. The fraction of sp³-hybridized carbons (Fsp3) is 0.316. The van der Waals surface area contributed by atoms with E-state index in [1.54, 1.807) is 17.9 Å². The van der Waals surface area contributed by atoms with Crippen molar-refractivity contribution in [1.82, 2.24) is 14.1 Å². The van der Waals surface area contributed by atoms with Crippen molar-refractivity contribution >= 4 is 21.4 Å². The highest BCUT2D eigenvalue weighted by atomic mass is 32.2. The second kappa shape index (κ2) is 8.16. The minimum absolute atomic E-state index is 0.273. The summed E-state index contributed by atoms with van der Waals surface area (Å²) in [5, 5.41) is 6.53. The maximum absolute atomic E-state index is 13.1. The van der Waals surface area contributed by atoms with E-state index in [-0.39, 0.29) is 4.90 Å². The summed E-state index contributed by atoms with van der Waals surface area (Å²) in [4.78, 5) is 1.13. The van der Waals surface area contributed by atoms with E-state index in [1.165, 1.54) is 15.6 Å². The van der Waals surface area contributed by atoms with E-state index in [4.69, 9.17) is 0 Å². The SMILES string of the molecule is CCCCN(C)S(=O)(=O)c1cn(Cc2ccccc2)nc1-c1cccs1. The number of benzene rings is 1. The standard InChI is InChI=1S/C19H23N3O2S2/c1-3-4-12-21(2)26(23,24)18-15-22(14-16-9-6-5-7-10-16)20-19(18)17-11-8-13-25-17/h5-11,13,15H,3-4,12,14H2,1-2H3. The van der Waals surface area contributed by atoms with Crippen LogP contribution in [-0.4, -0.2) is 36.1 Å². The molecule has 0 aliphatic carbocycles. The lowest BCUT2D eigenvalue weighted by atomic mass is 10.2. The van der Waals surface area contributed by atoms with Gasteiger partial charge in [0.1, 0.15) is 10.6 Å². The summed E-state index contributed by atoms with van der Waals surface area (Å²) in [7, 11) is -1.95. The minimum Gasteiger partial charge on any atom is -0.266 e. The molecule has 0 amide bonds. The van der Waals surface area contributed by atoms with E-state index in [1.807, 2.05) is 47.8 Å². The van der Waals surface area contributed by atoms with Gasteiger partial charge in [-0.2, -0.15) is 5.10 Å². The van der Waals surface area contributed by atoms with Crippen molar-refractivity contribution in [3.05, 3.63) is 59.6 Å². The highest BCUT2D eigenvalue weighted by Crippen LogP contribution is 2.31. The van der Waals surface area contributed by atoms with Crippen LogP contribution in [0.3, 0.4) is 0 Å². The Bertz CT molecular complexity index is 933. The maximum Gasteiger partial charge on any atom is 0.246 e. The average molecular weight is 390 g/mol. The molecule has 0 fully saturated rings. The Balaban J connectivity index is 2.00. The van der Waals surface area contributed by atoms with Crippen LogP contribution in [0.5, 0.6) is 0 Å². The number of sulfonamides is 1. The molecule has 7 heteroatoms. The first kappa shape index (κ1) is 18.8. The zero-order valence-electron chi connectivity index (χ0n) is 15.0. The monoisotopic (exact) mass is 389 g/mol. The molecule has 3 rings (SSSR count). The predicted molar refractivity (Wildman–Crippen MR) is 106 cm³/mol. The topological polar surface area (TPSA) is 55.2 Å². The second-order valence-electron chi connectivity index (χ2n) is 6.18. The molecule has 138 valence electrons. The lowest BCUT2D eigenvalue weighted by Crippen LogP contribution is -2.28. The molecule has 0 unspecified atom stereocenters. The molecule has 3 aromatic rings. The Hall–Kier alpha value is -1.96. The molecule has 0 saturated carbocycles. The van der Waals surface area contributed by atoms with Crippen LogP contribution in [-0.2, 0) is 16.6 Å². The van der Waals surface area contributed by atoms with E-state index in [2.05, 4.69) is 12.0 Å². The van der Waals surface area contributed by atoms with Crippen LogP contribution in [0.25, 0.3) is 10.6 Å². The Morgan fingerprint density at radius 1 is 1.15 bits per heavy atom. The third kappa shape index (κ3) is 4.06. The van der Waals surface area contributed by atoms with Gasteiger partial charge in [0.15, 0.2) is 0 Å². The Labute approximate surface area is 159 Å². The Kier molecular flexibility index (Phi) is 5.90. The van der Waals surface area contributed by atoms with Crippen LogP contribution < -0.4 is 0 Å². The van der Waals surface area contributed by atoms with Crippen LogP contribution in [0.2, 0.25) is 0 Å². The van der Waals surface area contributed by atoms with Gasteiger partial charge in [-0.05, 0) is 23.4 Å². The number of hydrogen-bond donors (Lipinski definition) is 0. The van der Waals surface area contributed by atoms with Gasteiger partial charge in [-0.1, -0.05) is 49.7 Å². The molecule has 0 N–H and O–H groups in total. The summed E-state index contributed by atoms with van der Waals surface area (Å²) in [5.74, 6) is 0. The normalized spacial score (nSPS) is 12.0. The summed E-state index contributed by atoms with van der Waals surface area (Å²) < 4.78 is 29.3. The fourth-order valence-corrected chi connectivity index (χ4v) is 4.84. The molecule has 0 radical (unpaired) electrons. The van der Waals surface area contributed by atoms with E-state index in [0.717, 1.165) is 23.3 Å². The van der Waals surface area contributed by atoms with Gasteiger partial charge >= 0.3 is 0 Å². The molecule has 0 aliphatic rings. The molecule has 2 heterocycles. The van der Waals surface area contributed by atoms with Crippen molar-refractivity contribution in [2.24, 2.45) is 0 Å². The second-order valence-corrected chi connectivity index (χ2v) is 9.14. The van der Waals surface area contributed by atoms with E-state index in [9.17, 15) is 8.42 Å². The third-order valence-electron chi connectivity index (χ3n) is 4.18. The minimum atomic E-state index is -3.58. The highest BCUT2D eigenvalue weighted by molar-refractivity contribution is 7.89. The smallest absolute Gasteiger partial charge is 0.246 e. The lowest BCUT2D eigenvalue weighted by Gasteiger charge is -2.16. The number of aromatic nitrogens is 2. The van der Waals surface area contributed by atoms with Crippen LogP contribution in [0.15, 0.2) is 58.9 Å². The van der Waals surface area contributed by atoms with Gasteiger partial charge in [0.2, 0.25) is 10.0 Å². The van der Waals surface area contributed by atoms with Crippen LogP contribution in [0.1, 0.15) is 25.3 Å². The van der Waals surface area contributed by atoms with Gasteiger partial charge < -0.3 is 0 Å². The number of unbranched alkanes of at least 4 members (excludes halogenated alkanes) is 1. The number of hydrogen-bond acceptors (Lipinski definition) is 4. The molecule has 0 atom stereocenters. The first-order chi connectivity index (χ1) is 12.5. The summed E-state index contributed by atoms with van der Waals surface area (Å²) in [5.41, 5.74) is 1.61. The largest absolute Gasteiger partial charge is 0.266 e. The summed E-state index contributed by atoms with van der Waals surface area (Å²) in [6.45, 7) is 3.09. The van der Waals surface area contributed by atoms with Crippen molar-refractivity contribution in [1.29, 1.82) is 0 Å². The average Bonchev–Trinajstić information content (AvgIpc) is 3.30. The summed E-state index contributed by atoms with van der Waals surface area (Å²) >= 11 is 1.50. The van der Waals surface area contributed by atoms with Gasteiger partial charge in [-0.15, -0.1) is 11.3 Å². The number of thiophene rings is 1. The molecule has 1 aromatic carbocycles. The van der Waals surface area contributed by atoms with Crippen molar-refractivity contribution < 1.29 is 8.42 Å². The Morgan fingerprint density at radius 2 is 1.92 bits per heavy atom. The van der Waals surface area contributed by atoms with Gasteiger partial charge in [-0.25, -0.2) is 12.7 Å². The van der Waals surface area contributed by atoms with Gasteiger partial charge in [0.25, 0.3) is 0 Å². The lowest BCUT2D eigenvalue weighted by molar-refractivity contribution is 0.459. The Morgan fingerprint density at radius 3 is 2.58 bits per heavy atom. The van der Waals surface area contributed by atoms with Crippen LogP contribution >= 0.6 is 11.3 Å². The van der Waals surface area contributed by atoms with Crippen molar-refractivity contribution in [2.75, 3.05) is 13.6 Å². The van der Waals surface area contributed by atoms with Gasteiger partial charge in [0, 0.05) is 19.8 Å². The van der Waals surface area contributed by atoms with Gasteiger partial charge in [-0.3, -0.25) is 4.68 Å². The first-order valence-corrected chi connectivity index (χ1v) is 11.0. The molecule has 0 saturated heterocycles. The number of nitrogens with zero attached hydrogens (tertiary/aromatic N) is 3. The highest BCUT2D eigenvalue weighted by Gasteiger charge is 2.28. The first-order valence-electron chi connectivity index (χ1n) is 8.64. The van der Waals surface area contributed by atoms with E-state index < -0.39 is 10.0 Å². The fourth-order valence-electron chi connectivity index (χ4n) is 2.70. The summed E-state index contributed by atoms with van der Waals surface area (Å²) in [6.07, 6.45) is 3.44. The van der Waals surface area contributed by atoms with Crippen molar-refractivity contribution in [3.63, 3.8) is 0 Å². The predicted octanol–water partition coefficient (Wildman–Crippen LogP) is 4.08. The van der Waals surface area contributed by atoms with Gasteiger partial charge in [0.05, 0.1) is 11.4 Å². The van der Waals surface area contributed by atoms with Crippen LogP contribution in [0.4, 0.5) is 0 Å². The molecule has 0 bridgehead atoms. The molecule has 0 aliphatic heterocycles. The maximum atomic E-state index is 13.1. The molecule has 5 nitrogen and oxygen atoms in total. The summed E-state index contributed by atoms with van der Waals surface area (Å²) in [6, 6.07) is 13.7. The van der Waals surface area contributed by atoms with Crippen molar-refractivity contribution in [2.45, 2.75) is 31.2 Å². The zero-order valence-corrected chi connectivity index (χ0v) is 16.6. The zero-order chi connectivity index (χ0) is 18.6. The van der Waals surface area contributed by atoms with Crippen molar-refractivity contribution in [3.8, 4) is 10.6 Å². The third-order valence-corrected chi connectivity index (χ3v) is 6.92. The number of rotatable bonds is 8.